The van der Waals surface area contributed by atoms with E-state index >= 15 is 0 Å². The number of primary amides is 1. The van der Waals surface area contributed by atoms with E-state index in [1.165, 1.54) is 6.07 Å². The molecule has 0 aliphatic carbocycles. The first-order valence-corrected chi connectivity index (χ1v) is 6.84. The third-order valence-electron chi connectivity index (χ3n) is 3.99. The minimum absolute atomic E-state index is 0.00313. The Bertz CT molecular complexity index is 450. The first-order valence-electron chi connectivity index (χ1n) is 6.84. The number of nitrogens with zero attached hydrogens (tertiary/aromatic N) is 1. The highest BCUT2D eigenvalue weighted by Gasteiger charge is 2.28. The Balaban J connectivity index is 1.82. The summed E-state index contributed by atoms with van der Waals surface area (Å²) in [5.41, 5.74) is 6.36. The maximum absolute atomic E-state index is 13.1. The van der Waals surface area contributed by atoms with Crippen molar-refractivity contribution >= 4 is 5.91 Å². The molecular formula is C15H21FN2O. The molecule has 3 nitrogen and oxygen atoms in total. The lowest BCUT2D eigenvalue weighted by atomic mass is 10.1. The zero-order valence-electron chi connectivity index (χ0n) is 11.3. The summed E-state index contributed by atoms with van der Waals surface area (Å²) in [5.74, 6) is -0.378. The molecule has 4 heteroatoms. The quantitative estimate of drug-likeness (QED) is 0.883. The minimum atomic E-state index is -0.195. The van der Waals surface area contributed by atoms with E-state index in [-0.39, 0.29) is 17.6 Å². The van der Waals surface area contributed by atoms with Gasteiger partial charge >= 0.3 is 0 Å². The number of benzene rings is 1. The van der Waals surface area contributed by atoms with E-state index in [1.807, 2.05) is 6.07 Å². The van der Waals surface area contributed by atoms with Gasteiger partial charge in [0.05, 0.1) is 5.92 Å². The van der Waals surface area contributed by atoms with Crippen LogP contribution in [0.15, 0.2) is 24.3 Å². The highest BCUT2D eigenvalue weighted by atomic mass is 19.1. The van der Waals surface area contributed by atoms with Gasteiger partial charge in [0.15, 0.2) is 0 Å². The van der Waals surface area contributed by atoms with Gasteiger partial charge in [-0.2, -0.15) is 0 Å². The average Bonchev–Trinajstić information content (AvgIpc) is 2.86. The van der Waals surface area contributed by atoms with Crippen LogP contribution in [0.3, 0.4) is 0 Å². The van der Waals surface area contributed by atoms with Crippen LogP contribution in [0.25, 0.3) is 0 Å². The van der Waals surface area contributed by atoms with Crippen LogP contribution < -0.4 is 5.73 Å². The minimum Gasteiger partial charge on any atom is -0.369 e. The van der Waals surface area contributed by atoms with Crippen molar-refractivity contribution in [3.05, 3.63) is 35.6 Å². The topological polar surface area (TPSA) is 46.3 Å². The summed E-state index contributed by atoms with van der Waals surface area (Å²) in [5, 5.41) is 0. The zero-order valence-corrected chi connectivity index (χ0v) is 11.3. The van der Waals surface area contributed by atoms with E-state index < -0.39 is 0 Å². The summed E-state index contributed by atoms with van der Waals surface area (Å²) in [6.07, 6.45) is 2.69. The lowest BCUT2D eigenvalue weighted by molar-refractivity contribution is -0.121. The molecule has 1 amide bonds. The Hall–Kier alpha value is -1.42. The number of carbonyl (C=O) groups is 1. The molecule has 1 aromatic carbocycles. The Morgan fingerprint density at radius 2 is 2.37 bits per heavy atom. The summed E-state index contributed by atoms with van der Waals surface area (Å²) in [6, 6.07) is 7.14. The molecule has 2 rings (SSSR count). The van der Waals surface area contributed by atoms with Crippen molar-refractivity contribution in [3.8, 4) is 0 Å². The van der Waals surface area contributed by atoms with Crippen LogP contribution in [-0.2, 0) is 11.2 Å². The van der Waals surface area contributed by atoms with Crippen molar-refractivity contribution in [2.75, 3.05) is 13.1 Å². The molecule has 2 unspecified atom stereocenters. The van der Waals surface area contributed by atoms with E-state index in [2.05, 4.69) is 11.8 Å². The predicted octanol–water partition coefficient (Wildman–Crippen LogP) is 1.95. The van der Waals surface area contributed by atoms with Crippen molar-refractivity contribution in [1.29, 1.82) is 0 Å². The maximum atomic E-state index is 13.1. The average molecular weight is 264 g/mol. The van der Waals surface area contributed by atoms with Crippen LogP contribution in [-0.4, -0.2) is 29.9 Å². The Labute approximate surface area is 113 Å². The number of amides is 1. The molecular weight excluding hydrogens is 243 g/mol. The normalized spacial score (nSPS) is 21.5. The van der Waals surface area contributed by atoms with Crippen molar-refractivity contribution in [2.45, 2.75) is 32.2 Å². The Kier molecular flexibility index (Phi) is 4.53. The monoisotopic (exact) mass is 264 g/mol. The number of nitrogens with two attached hydrogens (primary N) is 1. The first-order chi connectivity index (χ1) is 9.06. The van der Waals surface area contributed by atoms with Gasteiger partial charge in [0.1, 0.15) is 5.82 Å². The number of carbonyl (C=O) groups excluding carboxylic acids is 1. The van der Waals surface area contributed by atoms with Crippen LogP contribution in [0, 0.1) is 11.7 Å². The van der Waals surface area contributed by atoms with Crippen molar-refractivity contribution in [2.24, 2.45) is 11.7 Å². The molecule has 1 saturated heterocycles. The van der Waals surface area contributed by atoms with Crippen LogP contribution >= 0.6 is 0 Å². The van der Waals surface area contributed by atoms with Gasteiger partial charge < -0.3 is 5.73 Å². The molecule has 0 spiro atoms. The van der Waals surface area contributed by atoms with Gasteiger partial charge in [-0.3, -0.25) is 9.69 Å². The smallest absolute Gasteiger partial charge is 0.221 e. The highest BCUT2D eigenvalue weighted by molar-refractivity contribution is 5.77. The molecule has 1 aliphatic heterocycles. The Morgan fingerprint density at radius 1 is 1.58 bits per heavy atom. The molecule has 1 aromatic rings. The number of hydrogen-bond donors (Lipinski definition) is 1. The van der Waals surface area contributed by atoms with Gasteiger partial charge in [0, 0.05) is 12.6 Å². The zero-order chi connectivity index (χ0) is 13.8. The number of aryl methyl sites for hydroxylation is 1. The van der Waals surface area contributed by atoms with Crippen molar-refractivity contribution in [3.63, 3.8) is 0 Å². The van der Waals surface area contributed by atoms with Gasteiger partial charge in [0.2, 0.25) is 5.91 Å². The lowest BCUT2D eigenvalue weighted by Crippen LogP contribution is -2.33. The first kappa shape index (κ1) is 14.0. The maximum Gasteiger partial charge on any atom is 0.221 e. The second kappa shape index (κ2) is 6.15. The van der Waals surface area contributed by atoms with E-state index in [1.54, 1.807) is 12.1 Å². The predicted molar refractivity (Wildman–Crippen MR) is 73.1 cm³/mol. The molecule has 0 radical (unpaired) electrons. The fourth-order valence-electron chi connectivity index (χ4n) is 2.67. The summed E-state index contributed by atoms with van der Waals surface area (Å²) in [7, 11) is 0. The van der Waals surface area contributed by atoms with Gasteiger partial charge in [-0.25, -0.2) is 4.39 Å². The second-order valence-corrected chi connectivity index (χ2v) is 5.40. The Morgan fingerprint density at radius 3 is 3.00 bits per heavy atom. The summed E-state index contributed by atoms with van der Waals surface area (Å²) in [4.78, 5) is 13.4. The molecule has 19 heavy (non-hydrogen) atoms. The fraction of sp³-hybridized carbons (Fsp3) is 0.533. The molecule has 0 aromatic heterocycles. The van der Waals surface area contributed by atoms with Crippen LogP contribution in [0.5, 0.6) is 0 Å². The molecule has 104 valence electrons. The summed E-state index contributed by atoms with van der Waals surface area (Å²) in [6.45, 7) is 3.85. The van der Waals surface area contributed by atoms with Crippen LogP contribution in [0.2, 0.25) is 0 Å². The molecule has 2 N–H and O–H groups in total. The van der Waals surface area contributed by atoms with E-state index in [0.717, 1.165) is 37.9 Å². The molecule has 2 atom stereocenters. The second-order valence-electron chi connectivity index (χ2n) is 5.40. The summed E-state index contributed by atoms with van der Waals surface area (Å²) < 4.78 is 13.1. The highest BCUT2D eigenvalue weighted by Crippen LogP contribution is 2.20. The van der Waals surface area contributed by atoms with Crippen LogP contribution in [0.4, 0.5) is 4.39 Å². The third kappa shape index (κ3) is 3.77. The molecule has 1 aliphatic rings. The van der Waals surface area contributed by atoms with E-state index in [9.17, 15) is 9.18 Å². The lowest BCUT2D eigenvalue weighted by Gasteiger charge is -2.24. The van der Waals surface area contributed by atoms with Gasteiger partial charge in [0.25, 0.3) is 0 Å². The number of rotatable bonds is 5. The van der Waals surface area contributed by atoms with Gasteiger partial charge in [-0.1, -0.05) is 12.1 Å². The number of hydrogen-bond acceptors (Lipinski definition) is 2. The number of likely N-dealkylation sites (tertiary alicyclic amines) is 1. The standard InChI is InChI=1S/C15H21FN2O/c1-11(18-8-7-13(10-18)15(17)19)5-6-12-3-2-4-14(16)9-12/h2-4,9,11,13H,5-8,10H2,1H3,(H2,17,19). The van der Waals surface area contributed by atoms with Gasteiger partial charge in [-0.15, -0.1) is 0 Å². The molecule has 0 saturated carbocycles. The van der Waals surface area contributed by atoms with Crippen molar-refractivity contribution in [1.82, 2.24) is 4.90 Å². The van der Waals surface area contributed by atoms with Crippen molar-refractivity contribution < 1.29 is 9.18 Å². The fourth-order valence-corrected chi connectivity index (χ4v) is 2.67. The molecule has 1 heterocycles. The SMILES string of the molecule is CC(CCc1cccc(F)c1)N1CCC(C(N)=O)C1. The molecule has 1 fully saturated rings. The largest absolute Gasteiger partial charge is 0.369 e. The summed E-state index contributed by atoms with van der Waals surface area (Å²) >= 11 is 0. The third-order valence-corrected chi connectivity index (χ3v) is 3.99. The van der Waals surface area contributed by atoms with Gasteiger partial charge in [-0.05, 0) is 50.4 Å². The van der Waals surface area contributed by atoms with E-state index in [0.29, 0.717) is 6.04 Å². The number of halogens is 1. The van der Waals surface area contributed by atoms with E-state index in [4.69, 9.17) is 5.73 Å². The van der Waals surface area contributed by atoms with Crippen LogP contribution in [0.1, 0.15) is 25.3 Å². The molecule has 0 bridgehead atoms.